The highest BCUT2D eigenvalue weighted by molar-refractivity contribution is 5.21. The third kappa shape index (κ3) is 8.23. The lowest BCUT2D eigenvalue weighted by molar-refractivity contribution is 0.795. The van der Waals surface area contributed by atoms with E-state index in [0.717, 1.165) is 0 Å². The van der Waals surface area contributed by atoms with E-state index in [1.165, 1.54) is 43.2 Å². The summed E-state index contributed by atoms with van der Waals surface area (Å²) in [6.07, 6.45) is 6.47. The van der Waals surface area contributed by atoms with Crippen molar-refractivity contribution in [2.24, 2.45) is 0 Å². The quantitative estimate of drug-likeness (QED) is 0.639. The van der Waals surface area contributed by atoms with Crippen LogP contribution >= 0.6 is 0 Å². The van der Waals surface area contributed by atoms with E-state index in [0.29, 0.717) is 0 Å². The number of aryl methyl sites for hydroxylation is 2. The molecule has 0 aliphatic rings. The summed E-state index contributed by atoms with van der Waals surface area (Å²) in [4.78, 5) is 0. The van der Waals surface area contributed by atoms with Crippen molar-refractivity contribution in [2.45, 2.75) is 59.8 Å². The summed E-state index contributed by atoms with van der Waals surface area (Å²) in [5, 5.41) is 0. The molecule has 1 rings (SSSR count). The standard InChI is InChI=1S/C11H16.C4H10/c1-3-4-5-11-8-6-10(2)7-9-11;1-3-4-2/h6-9H,3-5H2,1-2H3;3-4H2,1-2H3. The van der Waals surface area contributed by atoms with Gasteiger partial charge in [0.1, 0.15) is 0 Å². The predicted molar refractivity (Wildman–Crippen MR) is 70.4 cm³/mol. The second-order valence-electron chi connectivity index (χ2n) is 4.09. The lowest BCUT2D eigenvalue weighted by atomic mass is 10.1. The Morgan fingerprint density at radius 2 is 1.33 bits per heavy atom. The van der Waals surface area contributed by atoms with Crippen LogP contribution < -0.4 is 0 Å². The first-order chi connectivity index (χ1) is 7.24. The average Bonchev–Trinajstić information content (AvgIpc) is 2.29. The molecule has 0 N–H and O–H groups in total. The normalized spacial score (nSPS) is 9.33. The van der Waals surface area contributed by atoms with Crippen LogP contribution in [0.4, 0.5) is 0 Å². The first kappa shape index (κ1) is 14.2. The number of hydrogen-bond donors (Lipinski definition) is 0. The predicted octanol–water partition coefficient (Wildman–Crippen LogP) is 5.14. The fraction of sp³-hybridized carbons (Fsp3) is 0.600. The first-order valence-electron chi connectivity index (χ1n) is 6.30. The number of unbranched alkanes of at least 4 members (excludes halogenated alkanes) is 2. The van der Waals surface area contributed by atoms with E-state index in [2.05, 4.69) is 52.0 Å². The van der Waals surface area contributed by atoms with E-state index in [4.69, 9.17) is 0 Å². The largest absolute Gasteiger partial charge is 0.0654 e. The molecule has 1 aromatic rings. The fourth-order valence-electron chi connectivity index (χ4n) is 1.14. The van der Waals surface area contributed by atoms with Crippen molar-refractivity contribution in [1.29, 1.82) is 0 Å². The molecule has 0 amide bonds. The van der Waals surface area contributed by atoms with Gasteiger partial charge in [0.15, 0.2) is 0 Å². The van der Waals surface area contributed by atoms with Gasteiger partial charge in [-0.05, 0) is 25.3 Å². The van der Waals surface area contributed by atoms with Gasteiger partial charge in [0.2, 0.25) is 0 Å². The summed E-state index contributed by atoms with van der Waals surface area (Å²) < 4.78 is 0. The Morgan fingerprint density at radius 3 is 1.73 bits per heavy atom. The lowest BCUT2D eigenvalue weighted by Gasteiger charge is -1.99. The summed E-state index contributed by atoms with van der Waals surface area (Å²) in [5.41, 5.74) is 2.82. The Morgan fingerprint density at radius 1 is 0.800 bits per heavy atom. The molecule has 0 aromatic heterocycles. The van der Waals surface area contributed by atoms with Gasteiger partial charge >= 0.3 is 0 Å². The maximum absolute atomic E-state index is 2.23. The van der Waals surface area contributed by atoms with Gasteiger partial charge in [0.25, 0.3) is 0 Å². The van der Waals surface area contributed by atoms with Crippen LogP contribution in [0.1, 0.15) is 57.6 Å². The molecule has 15 heavy (non-hydrogen) atoms. The highest BCUT2D eigenvalue weighted by Crippen LogP contribution is 2.06. The zero-order valence-electron chi connectivity index (χ0n) is 10.8. The molecule has 0 heterocycles. The van der Waals surface area contributed by atoms with E-state index in [-0.39, 0.29) is 0 Å². The molecule has 0 unspecified atom stereocenters. The van der Waals surface area contributed by atoms with Crippen molar-refractivity contribution < 1.29 is 0 Å². The summed E-state index contributed by atoms with van der Waals surface area (Å²) >= 11 is 0. The summed E-state index contributed by atoms with van der Waals surface area (Å²) in [6, 6.07) is 8.83. The Bertz CT molecular complexity index is 218. The zero-order valence-corrected chi connectivity index (χ0v) is 10.8. The molecule has 0 fully saturated rings. The van der Waals surface area contributed by atoms with Gasteiger partial charge in [0.05, 0.1) is 0 Å². The molecule has 0 atom stereocenters. The van der Waals surface area contributed by atoms with Gasteiger partial charge in [-0.2, -0.15) is 0 Å². The minimum atomic E-state index is 1.23. The molecule has 0 saturated heterocycles. The van der Waals surface area contributed by atoms with Crippen molar-refractivity contribution in [2.75, 3.05) is 0 Å². The first-order valence-corrected chi connectivity index (χ1v) is 6.30. The fourth-order valence-corrected chi connectivity index (χ4v) is 1.14. The molecule has 0 aliphatic heterocycles. The Balaban J connectivity index is 0.000000423. The van der Waals surface area contributed by atoms with Crippen LogP contribution in [0.15, 0.2) is 24.3 Å². The van der Waals surface area contributed by atoms with E-state index < -0.39 is 0 Å². The summed E-state index contributed by atoms with van der Waals surface area (Å²) in [5.74, 6) is 0. The van der Waals surface area contributed by atoms with Gasteiger partial charge in [-0.3, -0.25) is 0 Å². The van der Waals surface area contributed by atoms with Crippen molar-refractivity contribution in [1.82, 2.24) is 0 Å². The Kier molecular flexibility index (Phi) is 9.26. The number of benzene rings is 1. The van der Waals surface area contributed by atoms with Crippen molar-refractivity contribution in [3.63, 3.8) is 0 Å². The van der Waals surface area contributed by atoms with Crippen LogP contribution in [0.25, 0.3) is 0 Å². The average molecular weight is 206 g/mol. The van der Waals surface area contributed by atoms with E-state index in [1.54, 1.807) is 0 Å². The van der Waals surface area contributed by atoms with Crippen molar-refractivity contribution in [3.8, 4) is 0 Å². The topological polar surface area (TPSA) is 0 Å². The number of hydrogen-bond acceptors (Lipinski definition) is 0. The number of rotatable bonds is 4. The molecule has 0 nitrogen and oxygen atoms in total. The molecular weight excluding hydrogens is 180 g/mol. The molecule has 0 bridgehead atoms. The van der Waals surface area contributed by atoms with Crippen molar-refractivity contribution in [3.05, 3.63) is 35.4 Å². The molecular formula is C15H26. The van der Waals surface area contributed by atoms with Crippen LogP contribution in [-0.2, 0) is 6.42 Å². The maximum Gasteiger partial charge on any atom is -0.0279 e. The van der Waals surface area contributed by atoms with E-state index in [9.17, 15) is 0 Å². The highest BCUT2D eigenvalue weighted by atomic mass is 14.0. The molecule has 1 aromatic carbocycles. The van der Waals surface area contributed by atoms with Gasteiger partial charge in [0, 0.05) is 0 Å². The van der Waals surface area contributed by atoms with Crippen molar-refractivity contribution >= 4 is 0 Å². The molecule has 0 saturated carbocycles. The van der Waals surface area contributed by atoms with Crippen LogP contribution in [-0.4, -0.2) is 0 Å². The third-order valence-corrected chi connectivity index (χ3v) is 2.44. The highest BCUT2D eigenvalue weighted by Gasteiger charge is 1.90. The van der Waals surface area contributed by atoms with Gasteiger partial charge in [-0.25, -0.2) is 0 Å². The second-order valence-corrected chi connectivity index (χ2v) is 4.09. The minimum Gasteiger partial charge on any atom is -0.0654 e. The van der Waals surface area contributed by atoms with E-state index >= 15 is 0 Å². The van der Waals surface area contributed by atoms with E-state index in [1.807, 2.05) is 0 Å². The SMILES string of the molecule is CCCC.CCCCc1ccc(C)cc1. The van der Waals surface area contributed by atoms with Gasteiger partial charge in [-0.1, -0.05) is 69.9 Å². The summed E-state index contributed by atoms with van der Waals surface area (Å²) in [6.45, 7) is 8.72. The molecule has 0 heteroatoms. The lowest BCUT2D eigenvalue weighted by Crippen LogP contribution is -1.83. The smallest absolute Gasteiger partial charge is 0.0279 e. The zero-order chi connectivity index (χ0) is 11.5. The Labute approximate surface area is 95.7 Å². The maximum atomic E-state index is 2.23. The third-order valence-electron chi connectivity index (χ3n) is 2.44. The molecule has 0 aliphatic carbocycles. The van der Waals surface area contributed by atoms with Crippen LogP contribution in [0.2, 0.25) is 0 Å². The Hall–Kier alpha value is -0.780. The molecule has 0 spiro atoms. The van der Waals surface area contributed by atoms with Crippen LogP contribution in [0.3, 0.4) is 0 Å². The van der Waals surface area contributed by atoms with Gasteiger partial charge in [-0.15, -0.1) is 0 Å². The second kappa shape index (κ2) is 9.76. The monoisotopic (exact) mass is 206 g/mol. The van der Waals surface area contributed by atoms with Gasteiger partial charge < -0.3 is 0 Å². The van der Waals surface area contributed by atoms with Crippen LogP contribution in [0, 0.1) is 6.92 Å². The summed E-state index contributed by atoms with van der Waals surface area (Å²) in [7, 11) is 0. The molecule has 86 valence electrons. The molecule has 0 radical (unpaired) electrons. The minimum absolute atomic E-state index is 1.23. The van der Waals surface area contributed by atoms with Crippen LogP contribution in [0.5, 0.6) is 0 Å².